The lowest BCUT2D eigenvalue weighted by atomic mass is 10.3. The maximum atomic E-state index is 11.9. The van der Waals surface area contributed by atoms with Crippen molar-refractivity contribution < 1.29 is 13.2 Å². The highest BCUT2D eigenvalue weighted by molar-refractivity contribution is 7.97. The predicted octanol–water partition coefficient (Wildman–Crippen LogP) is 3.75. The van der Waals surface area contributed by atoms with Crippen molar-refractivity contribution in [1.82, 2.24) is 0 Å². The van der Waals surface area contributed by atoms with E-state index in [1.54, 1.807) is 24.3 Å². The van der Waals surface area contributed by atoms with E-state index in [0.717, 1.165) is 0 Å². The normalized spacial score (nSPS) is 13.1. The molecule has 0 bridgehead atoms. The first-order valence-electron chi connectivity index (χ1n) is 5.53. The third kappa shape index (κ3) is 3.88. The van der Waals surface area contributed by atoms with Crippen LogP contribution in [0.1, 0.15) is 13.8 Å². The van der Waals surface area contributed by atoms with Crippen LogP contribution in [0.4, 0.5) is 5.69 Å². The molecule has 0 saturated heterocycles. The molecule has 110 valence electrons. The number of halogens is 3. The highest BCUT2D eigenvalue weighted by atomic mass is 35.5. The van der Waals surface area contributed by atoms with E-state index in [4.69, 9.17) is 34.8 Å². The second kappa shape index (κ2) is 6.80. The quantitative estimate of drug-likeness (QED) is 0.836. The minimum absolute atomic E-state index is 0.299. The number of nitrogens with one attached hydrogen (secondary N) is 1. The third-order valence-corrected chi connectivity index (χ3v) is 6.04. The Labute approximate surface area is 132 Å². The number of amides is 1. The fraction of sp³-hybridized carbons (Fsp3) is 0.250. The summed E-state index contributed by atoms with van der Waals surface area (Å²) in [6, 6.07) is 6.47. The third-order valence-electron chi connectivity index (χ3n) is 2.36. The Kier molecular flexibility index (Phi) is 5.89. The smallest absolute Gasteiger partial charge is 0.269 e. The highest BCUT2D eigenvalue weighted by Crippen LogP contribution is 2.26. The van der Waals surface area contributed by atoms with Crippen LogP contribution in [0.25, 0.3) is 0 Å². The molecule has 0 aliphatic rings. The van der Waals surface area contributed by atoms with Crippen LogP contribution >= 0.6 is 34.8 Å². The van der Waals surface area contributed by atoms with Crippen molar-refractivity contribution in [2.75, 3.05) is 5.32 Å². The van der Waals surface area contributed by atoms with Gasteiger partial charge in [0.1, 0.15) is 5.03 Å². The number of anilines is 1. The van der Waals surface area contributed by atoms with Crippen molar-refractivity contribution in [3.8, 4) is 0 Å². The first kappa shape index (κ1) is 17.3. The maximum Gasteiger partial charge on any atom is 0.269 e. The number of carbonyl (C=O) groups excluding carboxylic acids is 1. The molecule has 0 atom stereocenters. The molecular formula is C12H12Cl3NO3S. The van der Waals surface area contributed by atoms with Gasteiger partial charge in [-0.15, -0.1) is 0 Å². The van der Waals surface area contributed by atoms with Gasteiger partial charge in [-0.1, -0.05) is 46.9 Å². The maximum absolute atomic E-state index is 11.9. The molecule has 0 fully saturated rings. The standard InChI is InChI=1S/C12H12Cl3NO3S/c1-7(2)20(18,19)11(15)10(14)12(17)16-9-6-4-3-5-8(9)13/h3-7H,1-2H3,(H,16,17). The van der Waals surface area contributed by atoms with Gasteiger partial charge >= 0.3 is 0 Å². The molecule has 0 unspecified atom stereocenters. The van der Waals surface area contributed by atoms with Gasteiger partial charge in [0.25, 0.3) is 5.91 Å². The number of benzene rings is 1. The number of carbonyl (C=O) groups is 1. The second-order valence-corrected chi connectivity index (χ2v) is 7.94. The van der Waals surface area contributed by atoms with E-state index in [1.807, 2.05) is 0 Å². The van der Waals surface area contributed by atoms with Crippen LogP contribution in [-0.4, -0.2) is 19.6 Å². The molecule has 1 rings (SSSR count). The SMILES string of the molecule is CC(C)S(=O)(=O)C(Cl)=C(Cl)C(=O)Nc1ccccc1Cl. The van der Waals surface area contributed by atoms with Gasteiger partial charge in [0, 0.05) is 0 Å². The molecule has 0 heterocycles. The summed E-state index contributed by atoms with van der Waals surface area (Å²) in [7, 11) is -3.80. The van der Waals surface area contributed by atoms with Crippen LogP contribution in [0.3, 0.4) is 0 Å². The van der Waals surface area contributed by atoms with Crippen molar-refractivity contribution in [2.45, 2.75) is 19.1 Å². The van der Waals surface area contributed by atoms with Gasteiger partial charge < -0.3 is 5.32 Å². The van der Waals surface area contributed by atoms with Gasteiger partial charge in [-0.3, -0.25) is 4.79 Å². The van der Waals surface area contributed by atoms with Crippen LogP contribution in [0.15, 0.2) is 33.7 Å². The molecule has 20 heavy (non-hydrogen) atoms. The fourth-order valence-electron chi connectivity index (χ4n) is 1.16. The van der Waals surface area contributed by atoms with Gasteiger partial charge in [0.05, 0.1) is 16.0 Å². The average Bonchev–Trinajstić information content (AvgIpc) is 2.39. The van der Waals surface area contributed by atoms with Crippen molar-refractivity contribution in [3.63, 3.8) is 0 Å². The second-order valence-electron chi connectivity index (χ2n) is 4.12. The minimum Gasteiger partial charge on any atom is -0.320 e. The van der Waals surface area contributed by atoms with E-state index in [9.17, 15) is 13.2 Å². The monoisotopic (exact) mass is 355 g/mol. The number of hydrogen-bond donors (Lipinski definition) is 1. The van der Waals surface area contributed by atoms with Crippen molar-refractivity contribution in [3.05, 3.63) is 38.7 Å². The molecule has 1 N–H and O–H groups in total. The Morgan fingerprint density at radius 1 is 1.20 bits per heavy atom. The van der Waals surface area contributed by atoms with Gasteiger partial charge in [-0.2, -0.15) is 0 Å². The largest absolute Gasteiger partial charge is 0.320 e. The summed E-state index contributed by atoms with van der Waals surface area (Å²) in [4.78, 5) is 11.9. The minimum atomic E-state index is -3.80. The Bertz CT molecular complexity index is 654. The summed E-state index contributed by atoms with van der Waals surface area (Å²) in [5.74, 6) is -0.839. The molecule has 8 heteroatoms. The van der Waals surface area contributed by atoms with E-state index >= 15 is 0 Å². The van der Waals surface area contributed by atoms with Gasteiger partial charge in [-0.25, -0.2) is 8.42 Å². The lowest BCUT2D eigenvalue weighted by molar-refractivity contribution is -0.112. The zero-order valence-electron chi connectivity index (χ0n) is 10.7. The molecule has 1 aromatic rings. The Hall–Kier alpha value is -0.750. The van der Waals surface area contributed by atoms with E-state index < -0.39 is 30.4 Å². The first-order chi connectivity index (χ1) is 9.17. The molecule has 4 nitrogen and oxygen atoms in total. The average molecular weight is 357 g/mol. The lowest BCUT2D eigenvalue weighted by Crippen LogP contribution is -2.19. The van der Waals surface area contributed by atoms with Crippen LogP contribution in [0.2, 0.25) is 5.02 Å². The topological polar surface area (TPSA) is 63.2 Å². The Balaban J connectivity index is 3.07. The van der Waals surface area contributed by atoms with E-state index in [-0.39, 0.29) is 0 Å². The predicted molar refractivity (Wildman–Crippen MR) is 82.9 cm³/mol. The number of para-hydroxylation sites is 1. The van der Waals surface area contributed by atoms with Gasteiger partial charge in [-0.05, 0) is 26.0 Å². The molecule has 0 radical (unpaired) electrons. The number of sulfone groups is 1. The van der Waals surface area contributed by atoms with Crippen LogP contribution < -0.4 is 5.32 Å². The molecule has 0 aromatic heterocycles. The number of hydrogen-bond acceptors (Lipinski definition) is 3. The van der Waals surface area contributed by atoms with Crippen LogP contribution in [0.5, 0.6) is 0 Å². The van der Waals surface area contributed by atoms with E-state index in [1.165, 1.54) is 13.8 Å². The van der Waals surface area contributed by atoms with Crippen LogP contribution in [0, 0.1) is 0 Å². The summed E-state index contributed by atoms with van der Waals surface area (Å²) in [5, 5.41) is 1.31. The van der Waals surface area contributed by atoms with Crippen LogP contribution in [-0.2, 0) is 14.6 Å². The highest BCUT2D eigenvalue weighted by Gasteiger charge is 2.26. The molecule has 0 spiro atoms. The Morgan fingerprint density at radius 2 is 1.75 bits per heavy atom. The molecule has 1 amide bonds. The summed E-state index contributed by atoms with van der Waals surface area (Å²) in [5.41, 5.74) is 0.309. The van der Waals surface area contributed by atoms with Crippen molar-refractivity contribution in [2.24, 2.45) is 0 Å². The number of rotatable bonds is 4. The molecular weight excluding hydrogens is 345 g/mol. The zero-order valence-corrected chi connectivity index (χ0v) is 13.7. The van der Waals surface area contributed by atoms with E-state index in [0.29, 0.717) is 10.7 Å². The lowest BCUT2D eigenvalue weighted by Gasteiger charge is -2.10. The molecule has 0 aliphatic carbocycles. The summed E-state index contributed by atoms with van der Waals surface area (Å²) < 4.78 is 22.9. The zero-order chi connectivity index (χ0) is 15.5. The van der Waals surface area contributed by atoms with Gasteiger partial charge in [0.15, 0.2) is 14.2 Å². The van der Waals surface area contributed by atoms with Gasteiger partial charge in [0.2, 0.25) is 0 Å². The summed E-state index contributed by atoms with van der Waals surface area (Å²) in [6.45, 7) is 2.88. The molecule has 0 saturated carbocycles. The summed E-state index contributed by atoms with van der Waals surface area (Å²) >= 11 is 17.3. The molecule has 0 aliphatic heterocycles. The first-order valence-corrected chi connectivity index (χ1v) is 8.21. The Morgan fingerprint density at radius 3 is 2.25 bits per heavy atom. The van der Waals surface area contributed by atoms with E-state index in [2.05, 4.69) is 5.32 Å². The molecule has 1 aromatic carbocycles. The fourth-order valence-corrected chi connectivity index (χ4v) is 3.09. The summed E-state index contributed by atoms with van der Waals surface area (Å²) in [6.07, 6.45) is 0. The van der Waals surface area contributed by atoms with Crippen molar-refractivity contribution in [1.29, 1.82) is 0 Å². The van der Waals surface area contributed by atoms with Crippen molar-refractivity contribution >= 4 is 56.2 Å².